The number of nitrogens with zero attached hydrogens (tertiary/aromatic N) is 2. The first-order valence-corrected chi connectivity index (χ1v) is 5.85. The van der Waals surface area contributed by atoms with Crippen molar-refractivity contribution in [3.05, 3.63) is 17.2 Å². The molecule has 1 aromatic rings. The summed E-state index contributed by atoms with van der Waals surface area (Å²) in [5.41, 5.74) is -0.441. The minimum absolute atomic E-state index is 0.0165. The van der Waals surface area contributed by atoms with Crippen molar-refractivity contribution in [2.75, 3.05) is 13.6 Å². The van der Waals surface area contributed by atoms with Crippen LogP contribution < -0.4 is 10.6 Å². The van der Waals surface area contributed by atoms with Gasteiger partial charge >= 0.3 is 0 Å². The molecule has 0 saturated heterocycles. The molecule has 96 valence electrons. The number of halogens is 1. The Balaban J connectivity index is 2.48. The molecule has 0 spiro atoms. The standard InChI is InChI=1S/C11H19ClN4O/c1-11(2,10(17)13-3)7-14-6-9-15-5-8(12)16(9)4/h5,14H,6-7H2,1-4H3,(H,13,17). The van der Waals surface area contributed by atoms with Crippen LogP contribution in [0.1, 0.15) is 19.7 Å². The molecule has 0 unspecified atom stereocenters. The van der Waals surface area contributed by atoms with E-state index in [0.29, 0.717) is 18.2 Å². The van der Waals surface area contributed by atoms with E-state index in [-0.39, 0.29) is 5.91 Å². The summed E-state index contributed by atoms with van der Waals surface area (Å²) in [6.07, 6.45) is 1.61. The lowest BCUT2D eigenvalue weighted by atomic mass is 9.92. The maximum atomic E-state index is 11.6. The van der Waals surface area contributed by atoms with Crippen LogP contribution in [-0.2, 0) is 18.4 Å². The molecule has 1 aromatic heterocycles. The number of aromatic nitrogens is 2. The SMILES string of the molecule is CNC(=O)C(C)(C)CNCc1ncc(Cl)n1C. The van der Waals surface area contributed by atoms with Crippen molar-refractivity contribution in [3.63, 3.8) is 0 Å². The molecular formula is C11H19ClN4O. The van der Waals surface area contributed by atoms with Crippen LogP contribution in [0.3, 0.4) is 0 Å². The molecular weight excluding hydrogens is 240 g/mol. The second kappa shape index (κ2) is 5.51. The quantitative estimate of drug-likeness (QED) is 0.826. The van der Waals surface area contributed by atoms with Gasteiger partial charge in [-0.1, -0.05) is 11.6 Å². The van der Waals surface area contributed by atoms with Crippen molar-refractivity contribution in [3.8, 4) is 0 Å². The van der Waals surface area contributed by atoms with Gasteiger partial charge in [0, 0.05) is 20.6 Å². The maximum Gasteiger partial charge on any atom is 0.226 e. The minimum Gasteiger partial charge on any atom is -0.359 e. The number of amides is 1. The molecule has 6 heteroatoms. The minimum atomic E-state index is -0.441. The summed E-state index contributed by atoms with van der Waals surface area (Å²) < 4.78 is 1.81. The fraction of sp³-hybridized carbons (Fsp3) is 0.636. The topological polar surface area (TPSA) is 59.0 Å². The van der Waals surface area contributed by atoms with E-state index in [9.17, 15) is 4.79 Å². The van der Waals surface area contributed by atoms with E-state index in [4.69, 9.17) is 11.6 Å². The molecule has 0 aliphatic carbocycles. The monoisotopic (exact) mass is 258 g/mol. The van der Waals surface area contributed by atoms with Gasteiger partial charge in [0.05, 0.1) is 18.2 Å². The van der Waals surface area contributed by atoms with Crippen LogP contribution in [0, 0.1) is 5.41 Å². The van der Waals surface area contributed by atoms with Gasteiger partial charge in [-0.05, 0) is 13.8 Å². The molecule has 17 heavy (non-hydrogen) atoms. The van der Waals surface area contributed by atoms with Crippen LogP contribution in [-0.4, -0.2) is 29.1 Å². The lowest BCUT2D eigenvalue weighted by molar-refractivity contribution is -0.128. The molecule has 0 bridgehead atoms. The summed E-state index contributed by atoms with van der Waals surface area (Å²) in [4.78, 5) is 15.7. The highest BCUT2D eigenvalue weighted by Crippen LogP contribution is 2.14. The normalized spacial score (nSPS) is 11.6. The Kier molecular flexibility index (Phi) is 4.54. The molecule has 0 aliphatic heterocycles. The van der Waals surface area contributed by atoms with Crippen molar-refractivity contribution < 1.29 is 4.79 Å². The zero-order valence-corrected chi connectivity index (χ0v) is 11.4. The molecule has 0 aromatic carbocycles. The number of carbonyl (C=O) groups is 1. The van der Waals surface area contributed by atoms with Crippen molar-refractivity contribution >= 4 is 17.5 Å². The van der Waals surface area contributed by atoms with Gasteiger partial charge in [0.15, 0.2) is 0 Å². The fourth-order valence-corrected chi connectivity index (χ4v) is 1.64. The third kappa shape index (κ3) is 3.44. The van der Waals surface area contributed by atoms with E-state index < -0.39 is 5.41 Å². The Bertz CT molecular complexity index is 400. The summed E-state index contributed by atoms with van der Waals surface area (Å²) in [7, 11) is 3.50. The summed E-state index contributed by atoms with van der Waals surface area (Å²) in [6.45, 7) is 4.95. The maximum absolute atomic E-state index is 11.6. The number of imidazole rings is 1. The lowest BCUT2D eigenvalue weighted by Gasteiger charge is -2.22. The van der Waals surface area contributed by atoms with Crippen molar-refractivity contribution in [1.82, 2.24) is 20.2 Å². The highest BCUT2D eigenvalue weighted by molar-refractivity contribution is 6.29. The van der Waals surface area contributed by atoms with E-state index in [0.717, 1.165) is 5.82 Å². The van der Waals surface area contributed by atoms with Gasteiger partial charge in [0.2, 0.25) is 5.91 Å². The van der Waals surface area contributed by atoms with Gasteiger partial charge in [0.1, 0.15) is 11.0 Å². The Morgan fingerprint density at radius 1 is 1.59 bits per heavy atom. The average molecular weight is 259 g/mol. The second-order valence-corrected chi connectivity index (χ2v) is 5.01. The Morgan fingerprint density at radius 2 is 2.24 bits per heavy atom. The Morgan fingerprint density at radius 3 is 2.71 bits per heavy atom. The highest BCUT2D eigenvalue weighted by atomic mass is 35.5. The Labute approximate surface area is 107 Å². The summed E-state index contributed by atoms with van der Waals surface area (Å²) in [5, 5.41) is 6.46. The van der Waals surface area contributed by atoms with Gasteiger partial charge in [-0.2, -0.15) is 0 Å². The highest BCUT2D eigenvalue weighted by Gasteiger charge is 2.25. The van der Waals surface area contributed by atoms with E-state index in [2.05, 4.69) is 15.6 Å². The zero-order chi connectivity index (χ0) is 13.1. The molecule has 0 atom stereocenters. The lowest BCUT2D eigenvalue weighted by Crippen LogP contribution is -2.42. The first-order chi connectivity index (χ1) is 7.88. The van der Waals surface area contributed by atoms with Crippen LogP contribution in [0.25, 0.3) is 0 Å². The first kappa shape index (κ1) is 14.0. The average Bonchev–Trinajstić information content (AvgIpc) is 2.59. The zero-order valence-electron chi connectivity index (χ0n) is 10.7. The smallest absolute Gasteiger partial charge is 0.226 e. The summed E-state index contributed by atoms with van der Waals surface area (Å²) in [5.74, 6) is 0.866. The van der Waals surface area contributed by atoms with Crippen LogP contribution in [0.4, 0.5) is 0 Å². The molecule has 0 radical (unpaired) electrons. The molecule has 2 N–H and O–H groups in total. The summed E-state index contributed by atoms with van der Waals surface area (Å²) >= 11 is 5.88. The first-order valence-electron chi connectivity index (χ1n) is 5.47. The molecule has 0 aliphatic rings. The molecule has 5 nitrogen and oxygen atoms in total. The molecule has 1 rings (SSSR count). The van der Waals surface area contributed by atoms with Crippen LogP contribution in [0.2, 0.25) is 5.15 Å². The van der Waals surface area contributed by atoms with E-state index >= 15 is 0 Å². The van der Waals surface area contributed by atoms with Crippen molar-refractivity contribution in [2.45, 2.75) is 20.4 Å². The number of nitrogens with one attached hydrogen (secondary N) is 2. The molecule has 0 fully saturated rings. The van der Waals surface area contributed by atoms with Crippen LogP contribution in [0.15, 0.2) is 6.20 Å². The molecule has 1 heterocycles. The Hall–Kier alpha value is -1.07. The predicted molar refractivity (Wildman–Crippen MR) is 67.8 cm³/mol. The summed E-state index contributed by atoms with van der Waals surface area (Å²) in [6, 6.07) is 0. The number of hydrogen-bond acceptors (Lipinski definition) is 3. The molecule has 1 amide bonds. The second-order valence-electron chi connectivity index (χ2n) is 4.62. The number of rotatable bonds is 5. The van der Waals surface area contributed by atoms with E-state index in [1.807, 2.05) is 20.9 Å². The third-order valence-electron chi connectivity index (χ3n) is 2.72. The van der Waals surface area contributed by atoms with Gasteiger partial charge in [0.25, 0.3) is 0 Å². The van der Waals surface area contributed by atoms with Gasteiger partial charge in [-0.3, -0.25) is 4.79 Å². The number of carbonyl (C=O) groups excluding carboxylic acids is 1. The van der Waals surface area contributed by atoms with E-state index in [1.54, 1.807) is 17.8 Å². The van der Waals surface area contributed by atoms with Gasteiger partial charge in [-0.25, -0.2) is 4.98 Å². The van der Waals surface area contributed by atoms with E-state index in [1.165, 1.54) is 0 Å². The van der Waals surface area contributed by atoms with Crippen LogP contribution in [0.5, 0.6) is 0 Å². The van der Waals surface area contributed by atoms with Gasteiger partial charge in [-0.15, -0.1) is 0 Å². The van der Waals surface area contributed by atoms with Crippen molar-refractivity contribution in [2.24, 2.45) is 12.5 Å². The van der Waals surface area contributed by atoms with Crippen molar-refractivity contribution in [1.29, 1.82) is 0 Å². The number of hydrogen-bond donors (Lipinski definition) is 2. The van der Waals surface area contributed by atoms with Crippen LogP contribution >= 0.6 is 11.6 Å². The fourth-order valence-electron chi connectivity index (χ4n) is 1.49. The predicted octanol–water partition coefficient (Wildman–Crippen LogP) is 0.935. The molecule has 0 saturated carbocycles. The third-order valence-corrected chi connectivity index (χ3v) is 3.07. The van der Waals surface area contributed by atoms with Gasteiger partial charge < -0.3 is 15.2 Å². The largest absolute Gasteiger partial charge is 0.359 e.